The average molecular weight is 445 g/mol. The smallest absolute Gasteiger partial charge is 0.313 e. The highest BCUT2D eigenvalue weighted by molar-refractivity contribution is 6.40. The van der Waals surface area contributed by atoms with Crippen molar-refractivity contribution in [2.75, 3.05) is 18.7 Å². The molecule has 33 heavy (non-hydrogen) atoms. The number of fused-ring (bicyclic) bond motifs is 1. The van der Waals surface area contributed by atoms with Crippen LogP contribution >= 0.6 is 0 Å². The summed E-state index contributed by atoms with van der Waals surface area (Å²) >= 11 is 0. The maximum Gasteiger partial charge on any atom is 0.313 e. The standard InChI is InChI=1S/C25H23N3O5/c29-23(27-15-18-10-11-21-22(14-18)33-16-32-21)19-8-4-5-9-20(19)28-25(31)24(30)26-13-12-17-6-2-1-3-7-17/h1-11,14H,12-13,15-16H2,(H,26,30)(H,27,29)(H,28,31). The second-order valence-corrected chi connectivity index (χ2v) is 7.36. The summed E-state index contributed by atoms with van der Waals surface area (Å²) in [5.41, 5.74) is 2.40. The van der Waals surface area contributed by atoms with E-state index >= 15 is 0 Å². The lowest BCUT2D eigenvalue weighted by molar-refractivity contribution is -0.136. The van der Waals surface area contributed by atoms with Crippen molar-refractivity contribution in [3.8, 4) is 11.5 Å². The summed E-state index contributed by atoms with van der Waals surface area (Å²) in [7, 11) is 0. The molecule has 0 bridgehead atoms. The summed E-state index contributed by atoms with van der Waals surface area (Å²) in [6, 6.07) is 21.6. The molecule has 4 rings (SSSR count). The summed E-state index contributed by atoms with van der Waals surface area (Å²) in [6.07, 6.45) is 0.610. The van der Waals surface area contributed by atoms with Crippen molar-refractivity contribution < 1.29 is 23.9 Å². The third kappa shape index (κ3) is 5.68. The van der Waals surface area contributed by atoms with Crippen molar-refractivity contribution in [1.82, 2.24) is 10.6 Å². The molecule has 0 saturated heterocycles. The Labute approximate surface area is 190 Å². The Morgan fingerprint density at radius 2 is 1.52 bits per heavy atom. The van der Waals surface area contributed by atoms with E-state index < -0.39 is 11.8 Å². The zero-order chi connectivity index (χ0) is 23.0. The zero-order valence-electron chi connectivity index (χ0n) is 17.8. The van der Waals surface area contributed by atoms with E-state index in [1.54, 1.807) is 36.4 Å². The molecule has 1 heterocycles. The molecule has 1 aliphatic heterocycles. The Hall–Kier alpha value is -4.33. The Morgan fingerprint density at radius 1 is 0.758 bits per heavy atom. The van der Waals surface area contributed by atoms with Gasteiger partial charge < -0.3 is 25.4 Å². The first-order chi connectivity index (χ1) is 16.1. The molecule has 0 spiro atoms. The number of nitrogens with one attached hydrogen (secondary N) is 3. The second kappa shape index (κ2) is 10.3. The van der Waals surface area contributed by atoms with Gasteiger partial charge in [-0.3, -0.25) is 14.4 Å². The van der Waals surface area contributed by atoms with Gasteiger partial charge in [-0.15, -0.1) is 0 Å². The first-order valence-corrected chi connectivity index (χ1v) is 10.5. The number of para-hydroxylation sites is 1. The molecule has 0 aliphatic carbocycles. The average Bonchev–Trinajstić information content (AvgIpc) is 3.31. The molecule has 8 nitrogen and oxygen atoms in total. The zero-order valence-corrected chi connectivity index (χ0v) is 17.8. The van der Waals surface area contributed by atoms with Crippen molar-refractivity contribution >= 4 is 23.4 Å². The highest BCUT2D eigenvalue weighted by Crippen LogP contribution is 2.32. The van der Waals surface area contributed by atoms with E-state index in [1.807, 2.05) is 36.4 Å². The highest BCUT2D eigenvalue weighted by atomic mass is 16.7. The minimum absolute atomic E-state index is 0.179. The van der Waals surface area contributed by atoms with Crippen molar-refractivity contribution in [2.45, 2.75) is 13.0 Å². The van der Waals surface area contributed by atoms with Crippen LogP contribution < -0.4 is 25.4 Å². The molecule has 0 radical (unpaired) electrons. The fraction of sp³-hybridized carbons (Fsp3) is 0.160. The molecule has 8 heteroatoms. The number of carbonyl (C=O) groups is 3. The predicted octanol–water partition coefficient (Wildman–Crippen LogP) is 2.64. The number of benzene rings is 3. The van der Waals surface area contributed by atoms with Crippen LogP contribution in [0.25, 0.3) is 0 Å². The van der Waals surface area contributed by atoms with Gasteiger partial charge in [-0.05, 0) is 41.8 Å². The number of anilines is 1. The van der Waals surface area contributed by atoms with Gasteiger partial charge in [-0.1, -0.05) is 48.5 Å². The lowest BCUT2D eigenvalue weighted by atomic mass is 10.1. The first-order valence-electron chi connectivity index (χ1n) is 10.5. The van der Waals surface area contributed by atoms with E-state index in [0.29, 0.717) is 24.5 Å². The molecule has 3 aromatic carbocycles. The van der Waals surface area contributed by atoms with E-state index in [9.17, 15) is 14.4 Å². The van der Waals surface area contributed by atoms with Gasteiger partial charge in [-0.25, -0.2) is 0 Å². The third-order valence-electron chi connectivity index (χ3n) is 5.06. The largest absolute Gasteiger partial charge is 0.454 e. The van der Waals surface area contributed by atoms with Crippen LogP contribution in [-0.2, 0) is 22.6 Å². The molecular formula is C25H23N3O5. The number of carbonyl (C=O) groups excluding carboxylic acids is 3. The monoisotopic (exact) mass is 445 g/mol. The van der Waals surface area contributed by atoms with Crippen molar-refractivity contribution in [3.63, 3.8) is 0 Å². The third-order valence-corrected chi connectivity index (χ3v) is 5.06. The lowest BCUT2D eigenvalue weighted by Gasteiger charge is -2.12. The molecule has 3 amide bonds. The van der Waals surface area contributed by atoms with Crippen LogP contribution in [0.1, 0.15) is 21.5 Å². The molecule has 0 atom stereocenters. The van der Waals surface area contributed by atoms with Gasteiger partial charge in [0.1, 0.15) is 0 Å². The Morgan fingerprint density at radius 3 is 2.36 bits per heavy atom. The van der Waals surface area contributed by atoms with Crippen LogP contribution in [0.5, 0.6) is 11.5 Å². The second-order valence-electron chi connectivity index (χ2n) is 7.36. The number of rotatable bonds is 7. The fourth-order valence-corrected chi connectivity index (χ4v) is 3.34. The predicted molar refractivity (Wildman–Crippen MR) is 122 cm³/mol. The van der Waals surface area contributed by atoms with Crippen molar-refractivity contribution in [1.29, 1.82) is 0 Å². The van der Waals surface area contributed by atoms with Crippen LogP contribution in [-0.4, -0.2) is 31.1 Å². The first kappa shape index (κ1) is 21.9. The fourth-order valence-electron chi connectivity index (χ4n) is 3.34. The maximum atomic E-state index is 12.7. The summed E-state index contributed by atoms with van der Waals surface area (Å²) in [6.45, 7) is 0.768. The van der Waals surface area contributed by atoms with Gasteiger partial charge in [0.05, 0.1) is 11.3 Å². The van der Waals surface area contributed by atoms with Crippen LogP contribution in [0.3, 0.4) is 0 Å². The van der Waals surface area contributed by atoms with Gasteiger partial charge in [0, 0.05) is 13.1 Å². The number of hydrogen-bond acceptors (Lipinski definition) is 5. The highest BCUT2D eigenvalue weighted by Gasteiger charge is 2.18. The quantitative estimate of drug-likeness (QED) is 0.485. The number of ether oxygens (including phenoxy) is 2. The summed E-state index contributed by atoms with van der Waals surface area (Å²) in [5, 5.41) is 7.93. The van der Waals surface area contributed by atoms with Gasteiger partial charge >= 0.3 is 11.8 Å². The van der Waals surface area contributed by atoms with Crippen LogP contribution in [0.4, 0.5) is 5.69 Å². The Balaban J connectivity index is 1.32. The number of hydrogen-bond donors (Lipinski definition) is 3. The molecule has 0 aromatic heterocycles. The van der Waals surface area contributed by atoms with Gasteiger partial charge in [0.2, 0.25) is 6.79 Å². The van der Waals surface area contributed by atoms with E-state index in [0.717, 1.165) is 11.1 Å². The Kier molecular flexibility index (Phi) is 6.84. The molecule has 168 valence electrons. The van der Waals surface area contributed by atoms with E-state index in [4.69, 9.17) is 9.47 Å². The van der Waals surface area contributed by atoms with E-state index in [1.165, 1.54) is 0 Å². The SMILES string of the molecule is O=C(NCCc1ccccc1)C(=O)Nc1ccccc1C(=O)NCc1ccc2c(c1)OCO2. The molecule has 0 unspecified atom stereocenters. The van der Waals surface area contributed by atoms with Crippen molar-refractivity contribution in [2.24, 2.45) is 0 Å². The van der Waals surface area contributed by atoms with Crippen LogP contribution in [0.15, 0.2) is 72.8 Å². The van der Waals surface area contributed by atoms with Gasteiger partial charge in [0.15, 0.2) is 11.5 Å². The van der Waals surface area contributed by atoms with Gasteiger partial charge in [0.25, 0.3) is 5.91 Å². The molecule has 1 aliphatic rings. The Bertz CT molecular complexity index is 1160. The van der Waals surface area contributed by atoms with Crippen molar-refractivity contribution in [3.05, 3.63) is 89.5 Å². The molecule has 0 fully saturated rings. The summed E-state index contributed by atoms with van der Waals surface area (Å²) in [5.74, 6) is -0.679. The van der Waals surface area contributed by atoms with Crippen LogP contribution in [0.2, 0.25) is 0 Å². The summed E-state index contributed by atoms with van der Waals surface area (Å²) < 4.78 is 10.6. The molecule has 0 saturated carbocycles. The molecule has 3 aromatic rings. The maximum absolute atomic E-state index is 12.7. The van der Waals surface area contributed by atoms with Gasteiger partial charge in [-0.2, -0.15) is 0 Å². The minimum atomic E-state index is -0.834. The topological polar surface area (TPSA) is 106 Å². The number of amides is 3. The van der Waals surface area contributed by atoms with E-state index in [-0.39, 0.29) is 30.5 Å². The lowest BCUT2D eigenvalue weighted by Crippen LogP contribution is -2.37. The van der Waals surface area contributed by atoms with Crippen LogP contribution in [0, 0.1) is 0 Å². The normalized spacial score (nSPS) is 11.5. The molecular weight excluding hydrogens is 422 g/mol. The summed E-state index contributed by atoms with van der Waals surface area (Å²) in [4.78, 5) is 37.2. The minimum Gasteiger partial charge on any atom is -0.454 e. The molecule has 3 N–H and O–H groups in total. The van der Waals surface area contributed by atoms with E-state index in [2.05, 4.69) is 16.0 Å².